The molecule has 0 rings (SSSR count). The van der Waals surface area contributed by atoms with Crippen LogP contribution in [0.15, 0.2) is 0 Å². The van der Waals surface area contributed by atoms with Crippen molar-refractivity contribution in [3.05, 3.63) is 0 Å². The molecule has 0 saturated heterocycles. The molecule has 0 fully saturated rings. The van der Waals surface area contributed by atoms with Crippen LogP contribution in [0.25, 0.3) is 0 Å². The maximum absolute atomic E-state index is 7.57. The first-order valence-corrected chi connectivity index (χ1v) is 5.00. The Balaban J connectivity index is -0.0000000677. The summed E-state index contributed by atoms with van der Waals surface area (Å²) in [5.74, 6) is 0. The molecule has 102 valence electrons. The Hall–Kier alpha value is -0.175. The molecule has 0 aliphatic rings. The molecular weight excluding hydrogens is 215 g/mol. The van der Waals surface area contributed by atoms with Gasteiger partial charge >= 0.3 is 7.32 Å². The van der Waals surface area contributed by atoms with Crippen molar-refractivity contribution in [2.75, 3.05) is 41.2 Å². The van der Waals surface area contributed by atoms with Crippen LogP contribution in [0.5, 0.6) is 0 Å². The van der Waals surface area contributed by atoms with Gasteiger partial charge < -0.3 is 29.3 Å². The quantitative estimate of drug-likeness (QED) is 0.599. The number of aliphatic hydroxyl groups is 3. The number of aliphatic hydroxyl groups excluding tert-OH is 3. The lowest BCUT2D eigenvalue weighted by molar-refractivity contribution is 0.163. The molecule has 7 heteroatoms. The summed E-state index contributed by atoms with van der Waals surface area (Å²) in [6.45, 7) is 5.79. The third-order valence-corrected chi connectivity index (χ3v) is 0.577. The number of hydrogen-bond acceptors (Lipinski definition) is 6. The first-order valence-electron chi connectivity index (χ1n) is 5.00. The maximum Gasteiger partial charge on any atom is 0.638 e. The van der Waals surface area contributed by atoms with Crippen LogP contribution in [0.4, 0.5) is 0 Å². The molecule has 0 aromatic heterocycles. The Morgan fingerprint density at radius 2 is 0.812 bits per heavy atom. The fraction of sp³-hybridized carbons (Fsp3) is 1.00. The lowest BCUT2D eigenvalue weighted by Crippen LogP contribution is -2.21. The summed E-state index contributed by atoms with van der Waals surface area (Å²) in [7, 11) is 4.02. The van der Waals surface area contributed by atoms with Crippen LogP contribution in [0.3, 0.4) is 0 Å². The van der Waals surface area contributed by atoms with Crippen LogP contribution in [0.1, 0.15) is 20.8 Å². The molecule has 0 heterocycles. The van der Waals surface area contributed by atoms with Gasteiger partial charge in [0.05, 0.1) is 0 Å². The van der Waals surface area contributed by atoms with Crippen molar-refractivity contribution in [3.8, 4) is 0 Å². The Morgan fingerprint density at radius 3 is 0.812 bits per heavy atom. The highest BCUT2D eigenvalue weighted by Crippen LogP contribution is 1.81. The zero-order chi connectivity index (χ0) is 13.8. The van der Waals surface area contributed by atoms with Gasteiger partial charge in [-0.1, -0.05) is 0 Å². The van der Waals surface area contributed by atoms with E-state index in [2.05, 4.69) is 14.0 Å². The van der Waals surface area contributed by atoms with Gasteiger partial charge in [0, 0.05) is 41.2 Å². The van der Waals surface area contributed by atoms with E-state index in [-0.39, 0.29) is 19.8 Å². The second kappa shape index (κ2) is 36.4. The zero-order valence-electron chi connectivity index (χ0n) is 11.3. The third kappa shape index (κ3) is 67.0. The molecule has 16 heavy (non-hydrogen) atoms. The lowest BCUT2D eigenvalue weighted by Gasteiger charge is -2.01. The SMILES string of the molecule is CCO.CCO.CCO.COB(OC)OC. The zero-order valence-corrected chi connectivity index (χ0v) is 11.3. The fourth-order valence-electron chi connectivity index (χ4n) is 0.289. The largest absolute Gasteiger partial charge is 0.638 e. The van der Waals surface area contributed by atoms with Gasteiger partial charge in [-0.3, -0.25) is 0 Å². The van der Waals surface area contributed by atoms with Gasteiger partial charge in [-0.2, -0.15) is 0 Å². The molecule has 0 aromatic carbocycles. The van der Waals surface area contributed by atoms with Crippen LogP contribution in [-0.4, -0.2) is 63.8 Å². The van der Waals surface area contributed by atoms with Gasteiger partial charge in [0.1, 0.15) is 0 Å². The first kappa shape index (κ1) is 24.9. The number of hydrogen-bond donors (Lipinski definition) is 3. The van der Waals surface area contributed by atoms with Crippen LogP contribution in [-0.2, 0) is 14.0 Å². The highest BCUT2D eigenvalue weighted by atomic mass is 16.7. The van der Waals surface area contributed by atoms with E-state index in [4.69, 9.17) is 15.3 Å². The predicted octanol–water partition coefficient (Wildman–Crippen LogP) is -0.0937. The molecule has 0 unspecified atom stereocenters. The predicted molar refractivity (Wildman–Crippen MR) is 65.1 cm³/mol. The van der Waals surface area contributed by atoms with Gasteiger partial charge in [0.25, 0.3) is 0 Å². The lowest BCUT2D eigenvalue weighted by atomic mass is 10.2. The van der Waals surface area contributed by atoms with Gasteiger partial charge in [-0.15, -0.1) is 0 Å². The summed E-state index contributed by atoms with van der Waals surface area (Å²) >= 11 is 0. The topological polar surface area (TPSA) is 88.4 Å². The van der Waals surface area contributed by atoms with Crippen molar-refractivity contribution in [1.29, 1.82) is 0 Å². The monoisotopic (exact) mass is 242 g/mol. The standard InChI is InChI=1S/C3H9BO3.3C2H6O/c1-5-4(6-2)7-3;3*1-2-3/h1-3H3;3*3H,2H2,1H3. The summed E-state index contributed by atoms with van der Waals surface area (Å²) in [6, 6.07) is 0. The summed E-state index contributed by atoms with van der Waals surface area (Å²) in [6.07, 6.45) is 0. The second-order valence-corrected chi connectivity index (χ2v) is 1.94. The minimum Gasteiger partial charge on any atom is -0.397 e. The highest BCUT2D eigenvalue weighted by Gasteiger charge is 2.12. The molecule has 0 aliphatic heterocycles. The fourth-order valence-corrected chi connectivity index (χ4v) is 0.289. The average Bonchev–Trinajstić information content (AvgIpc) is 2.24. The first-order chi connectivity index (χ1) is 7.59. The van der Waals surface area contributed by atoms with Gasteiger partial charge in [-0.25, -0.2) is 0 Å². The summed E-state index contributed by atoms with van der Waals surface area (Å²) in [5.41, 5.74) is 0. The van der Waals surface area contributed by atoms with E-state index >= 15 is 0 Å². The second-order valence-electron chi connectivity index (χ2n) is 1.94. The van der Waals surface area contributed by atoms with Crippen LogP contribution < -0.4 is 0 Å². The van der Waals surface area contributed by atoms with Crippen molar-refractivity contribution in [2.45, 2.75) is 20.8 Å². The Morgan fingerprint density at radius 1 is 0.688 bits per heavy atom. The van der Waals surface area contributed by atoms with E-state index in [0.717, 1.165) is 0 Å². The van der Waals surface area contributed by atoms with E-state index < -0.39 is 7.32 Å². The smallest absolute Gasteiger partial charge is 0.397 e. The molecule has 0 aromatic rings. The number of rotatable bonds is 3. The molecule has 0 atom stereocenters. The third-order valence-electron chi connectivity index (χ3n) is 0.577. The van der Waals surface area contributed by atoms with Crippen molar-refractivity contribution in [1.82, 2.24) is 0 Å². The molecule has 0 aliphatic carbocycles. The van der Waals surface area contributed by atoms with Gasteiger partial charge in [-0.05, 0) is 20.8 Å². The van der Waals surface area contributed by atoms with Crippen molar-refractivity contribution in [3.63, 3.8) is 0 Å². The average molecular weight is 242 g/mol. The molecule has 0 saturated carbocycles. The van der Waals surface area contributed by atoms with Gasteiger partial charge in [0.15, 0.2) is 0 Å². The Kier molecular flexibility index (Phi) is 56.6. The van der Waals surface area contributed by atoms with E-state index in [1.54, 1.807) is 20.8 Å². The van der Waals surface area contributed by atoms with E-state index in [0.29, 0.717) is 0 Å². The summed E-state index contributed by atoms with van der Waals surface area (Å²) < 4.78 is 13.8. The molecule has 3 N–H and O–H groups in total. The van der Waals surface area contributed by atoms with E-state index in [1.165, 1.54) is 21.3 Å². The molecular formula is C9H27BO6. The molecule has 0 bridgehead atoms. The molecule has 0 spiro atoms. The molecule has 0 amide bonds. The molecule has 0 radical (unpaired) electrons. The minimum atomic E-state index is -0.514. The van der Waals surface area contributed by atoms with E-state index in [9.17, 15) is 0 Å². The summed E-state index contributed by atoms with van der Waals surface area (Å²) in [4.78, 5) is 0. The van der Waals surface area contributed by atoms with Crippen molar-refractivity contribution >= 4 is 7.32 Å². The van der Waals surface area contributed by atoms with Crippen LogP contribution in [0, 0.1) is 0 Å². The van der Waals surface area contributed by atoms with Gasteiger partial charge in [0.2, 0.25) is 0 Å². The van der Waals surface area contributed by atoms with E-state index in [1.807, 2.05) is 0 Å². The summed E-state index contributed by atoms with van der Waals surface area (Å²) in [5, 5.41) is 22.7. The highest BCUT2D eigenvalue weighted by molar-refractivity contribution is 6.36. The Labute approximate surface area is 99.3 Å². The van der Waals surface area contributed by atoms with Crippen LogP contribution >= 0.6 is 0 Å². The Bertz CT molecular complexity index is 62.8. The van der Waals surface area contributed by atoms with Crippen molar-refractivity contribution in [2.24, 2.45) is 0 Å². The maximum atomic E-state index is 7.57. The van der Waals surface area contributed by atoms with Crippen molar-refractivity contribution < 1.29 is 29.3 Å². The minimum absolute atomic E-state index is 0.250. The normalized spacial score (nSPS) is 7.31. The molecule has 6 nitrogen and oxygen atoms in total. The van der Waals surface area contributed by atoms with Crippen LogP contribution in [0.2, 0.25) is 0 Å².